The SMILES string of the molecule is Cc1ccc(C)c(OCCC(=O)Nc2ccc(C)c(F)c2)c1. The van der Waals surface area contributed by atoms with Gasteiger partial charge in [0.05, 0.1) is 13.0 Å². The van der Waals surface area contributed by atoms with Crippen LogP contribution < -0.4 is 10.1 Å². The van der Waals surface area contributed by atoms with Crippen LogP contribution in [-0.2, 0) is 4.79 Å². The first-order chi connectivity index (χ1) is 10.5. The summed E-state index contributed by atoms with van der Waals surface area (Å²) in [6.45, 7) is 5.91. The second-order valence-corrected chi connectivity index (χ2v) is 5.38. The normalized spacial score (nSPS) is 10.4. The van der Waals surface area contributed by atoms with Crippen LogP contribution in [-0.4, -0.2) is 12.5 Å². The molecule has 0 radical (unpaired) electrons. The minimum Gasteiger partial charge on any atom is -0.493 e. The van der Waals surface area contributed by atoms with Gasteiger partial charge in [-0.1, -0.05) is 18.2 Å². The summed E-state index contributed by atoms with van der Waals surface area (Å²) in [6.07, 6.45) is 0.211. The summed E-state index contributed by atoms with van der Waals surface area (Å²) in [5.41, 5.74) is 3.16. The molecule has 0 spiro atoms. The summed E-state index contributed by atoms with van der Waals surface area (Å²) in [6, 6.07) is 10.6. The maximum Gasteiger partial charge on any atom is 0.227 e. The first-order valence-corrected chi connectivity index (χ1v) is 7.22. The molecule has 0 saturated carbocycles. The standard InChI is InChI=1S/C18H20FNO2/c1-12-4-5-14(3)17(10-12)22-9-8-18(21)20-15-7-6-13(2)16(19)11-15/h4-7,10-11H,8-9H2,1-3H3,(H,20,21). The van der Waals surface area contributed by atoms with Crippen molar-refractivity contribution in [3.05, 3.63) is 58.9 Å². The van der Waals surface area contributed by atoms with E-state index >= 15 is 0 Å². The van der Waals surface area contributed by atoms with Crippen molar-refractivity contribution in [3.8, 4) is 5.75 Å². The molecule has 0 unspecified atom stereocenters. The molecule has 2 aromatic rings. The zero-order chi connectivity index (χ0) is 16.1. The molecule has 3 nitrogen and oxygen atoms in total. The summed E-state index contributed by atoms with van der Waals surface area (Å²) >= 11 is 0. The number of nitrogens with one attached hydrogen (secondary N) is 1. The average molecular weight is 301 g/mol. The fourth-order valence-corrected chi connectivity index (χ4v) is 2.01. The van der Waals surface area contributed by atoms with Gasteiger partial charge in [-0.2, -0.15) is 0 Å². The summed E-state index contributed by atoms with van der Waals surface area (Å²) in [5, 5.41) is 2.66. The third-order valence-electron chi connectivity index (χ3n) is 3.39. The second kappa shape index (κ2) is 7.07. The fraction of sp³-hybridized carbons (Fsp3) is 0.278. The van der Waals surface area contributed by atoms with Gasteiger partial charge in [-0.05, 0) is 55.7 Å². The Hall–Kier alpha value is -2.36. The maximum absolute atomic E-state index is 13.4. The maximum atomic E-state index is 13.4. The minimum atomic E-state index is -0.329. The zero-order valence-corrected chi connectivity index (χ0v) is 13.1. The molecule has 0 aliphatic carbocycles. The van der Waals surface area contributed by atoms with Crippen molar-refractivity contribution >= 4 is 11.6 Å². The number of hydrogen-bond acceptors (Lipinski definition) is 2. The average Bonchev–Trinajstić information content (AvgIpc) is 2.46. The van der Waals surface area contributed by atoms with E-state index in [1.807, 2.05) is 32.0 Å². The molecule has 4 heteroatoms. The zero-order valence-electron chi connectivity index (χ0n) is 13.1. The van der Waals surface area contributed by atoms with Crippen LogP contribution in [0.4, 0.5) is 10.1 Å². The van der Waals surface area contributed by atoms with Gasteiger partial charge in [0.15, 0.2) is 0 Å². The smallest absolute Gasteiger partial charge is 0.227 e. The predicted octanol–water partition coefficient (Wildman–Crippen LogP) is 4.16. The molecule has 0 atom stereocenters. The Morgan fingerprint density at radius 1 is 1.09 bits per heavy atom. The lowest BCUT2D eigenvalue weighted by molar-refractivity contribution is -0.116. The van der Waals surface area contributed by atoms with Crippen LogP contribution in [0.5, 0.6) is 5.75 Å². The minimum absolute atomic E-state index is 0.200. The number of ether oxygens (including phenoxy) is 1. The number of aryl methyl sites for hydroxylation is 3. The number of carbonyl (C=O) groups excluding carboxylic acids is 1. The first-order valence-electron chi connectivity index (χ1n) is 7.22. The molecule has 0 bridgehead atoms. The lowest BCUT2D eigenvalue weighted by Gasteiger charge is -2.10. The Bertz CT molecular complexity index is 683. The lowest BCUT2D eigenvalue weighted by atomic mass is 10.1. The van der Waals surface area contributed by atoms with Crippen LogP contribution in [0.1, 0.15) is 23.1 Å². The topological polar surface area (TPSA) is 38.3 Å². The highest BCUT2D eigenvalue weighted by Crippen LogP contribution is 2.19. The summed E-state index contributed by atoms with van der Waals surface area (Å²) in [4.78, 5) is 11.8. The van der Waals surface area contributed by atoms with Gasteiger partial charge < -0.3 is 10.1 Å². The molecule has 0 aromatic heterocycles. The molecular formula is C18H20FNO2. The number of anilines is 1. The summed E-state index contributed by atoms with van der Waals surface area (Å²) in [5.74, 6) is 0.257. The number of amides is 1. The van der Waals surface area contributed by atoms with Crippen molar-refractivity contribution < 1.29 is 13.9 Å². The van der Waals surface area contributed by atoms with Crippen molar-refractivity contribution in [3.63, 3.8) is 0 Å². The number of benzene rings is 2. The van der Waals surface area contributed by atoms with Crippen molar-refractivity contribution in [1.29, 1.82) is 0 Å². The Morgan fingerprint density at radius 3 is 2.55 bits per heavy atom. The highest BCUT2D eigenvalue weighted by Gasteiger charge is 2.06. The Kier molecular flexibility index (Phi) is 5.15. The van der Waals surface area contributed by atoms with Gasteiger partial charge in [-0.3, -0.25) is 4.79 Å². The van der Waals surface area contributed by atoms with E-state index in [-0.39, 0.29) is 24.8 Å². The van der Waals surface area contributed by atoms with Gasteiger partial charge in [0.25, 0.3) is 0 Å². The molecule has 2 aromatic carbocycles. The van der Waals surface area contributed by atoms with Crippen LogP contribution in [0, 0.1) is 26.6 Å². The van der Waals surface area contributed by atoms with E-state index in [1.54, 1.807) is 19.1 Å². The largest absolute Gasteiger partial charge is 0.493 e. The van der Waals surface area contributed by atoms with E-state index in [2.05, 4.69) is 5.32 Å². The predicted molar refractivity (Wildman–Crippen MR) is 85.8 cm³/mol. The summed E-state index contributed by atoms with van der Waals surface area (Å²) < 4.78 is 19.0. The lowest BCUT2D eigenvalue weighted by Crippen LogP contribution is -2.15. The fourth-order valence-electron chi connectivity index (χ4n) is 2.01. The van der Waals surface area contributed by atoms with Crippen LogP contribution in [0.2, 0.25) is 0 Å². The summed E-state index contributed by atoms with van der Waals surface area (Å²) in [7, 11) is 0. The van der Waals surface area contributed by atoms with Crippen LogP contribution >= 0.6 is 0 Å². The number of rotatable bonds is 5. The quantitative estimate of drug-likeness (QED) is 0.900. The van der Waals surface area contributed by atoms with Gasteiger partial charge in [0, 0.05) is 5.69 Å². The number of carbonyl (C=O) groups is 1. The van der Waals surface area contributed by atoms with Gasteiger partial charge in [0.1, 0.15) is 11.6 Å². The molecule has 2 rings (SSSR count). The second-order valence-electron chi connectivity index (χ2n) is 5.38. The van der Waals surface area contributed by atoms with E-state index in [4.69, 9.17) is 4.74 Å². The van der Waals surface area contributed by atoms with E-state index in [0.29, 0.717) is 11.3 Å². The number of hydrogen-bond donors (Lipinski definition) is 1. The molecule has 0 fully saturated rings. The van der Waals surface area contributed by atoms with Crippen molar-refractivity contribution in [2.24, 2.45) is 0 Å². The van der Waals surface area contributed by atoms with Gasteiger partial charge in [-0.15, -0.1) is 0 Å². The van der Waals surface area contributed by atoms with E-state index in [0.717, 1.165) is 16.9 Å². The molecule has 1 N–H and O–H groups in total. The van der Waals surface area contributed by atoms with Gasteiger partial charge >= 0.3 is 0 Å². The van der Waals surface area contributed by atoms with Gasteiger partial charge in [0.2, 0.25) is 5.91 Å². The monoisotopic (exact) mass is 301 g/mol. The molecule has 1 amide bonds. The molecule has 0 heterocycles. The van der Waals surface area contributed by atoms with Crippen molar-refractivity contribution in [1.82, 2.24) is 0 Å². The molecule has 116 valence electrons. The number of halogens is 1. The molecule has 0 aliphatic heterocycles. The molecular weight excluding hydrogens is 281 g/mol. The third kappa shape index (κ3) is 4.32. The Morgan fingerprint density at radius 2 is 1.82 bits per heavy atom. The van der Waals surface area contributed by atoms with Crippen LogP contribution in [0.3, 0.4) is 0 Å². The van der Waals surface area contributed by atoms with E-state index in [1.165, 1.54) is 6.07 Å². The first kappa shape index (κ1) is 16.0. The highest BCUT2D eigenvalue weighted by molar-refractivity contribution is 5.90. The van der Waals surface area contributed by atoms with Crippen molar-refractivity contribution in [2.45, 2.75) is 27.2 Å². The van der Waals surface area contributed by atoms with Gasteiger partial charge in [-0.25, -0.2) is 4.39 Å². The van der Waals surface area contributed by atoms with Crippen molar-refractivity contribution in [2.75, 3.05) is 11.9 Å². The Balaban J connectivity index is 1.85. The van der Waals surface area contributed by atoms with Crippen LogP contribution in [0.15, 0.2) is 36.4 Å². The van der Waals surface area contributed by atoms with Crippen LogP contribution in [0.25, 0.3) is 0 Å². The molecule has 0 saturated heterocycles. The molecule has 0 aliphatic rings. The highest BCUT2D eigenvalue weighted by atomic mass is 19.1. The van der Waals surface area contributed by atoms with E-state index in [9.17, 15) is 9.18 Å². The van der Waals surface area contributed by atoms with E-state index < -0.39 is 0 Å². The third-order valence-corrected chi connectivity index (χ3v) is 3.39. The molecule has 22 heavy (non-hydrogen) atoms. The Labute approximate surface area is 130 Å².